The van der Waals surface area contributed by atoms with Gasteiger partial charge in [-0.1, -0.05) is 0 Å². The molecule has 0 aliphatic heterocycles. The molecule has 0 saturated carbocycles. The molecule has 0 saturated heterocycles. The number of rotatable bonds is 7. The molecule has 0 amide bonds. The molecule has 0 aliphatic rings. The van der Waals surface area contributed by atoms with Crippen molar-refractivity contribution in [2.75, 3.05) is 13.7 Å². The van der Waals surface area contributed by atoms with Crippen molar-refractivity contribution in [1.29, 1.82) is 0 Å². The van der Waals surface area contributed by atoms with Crippen molar-refractivity contribution >= 4 is 33.8 Å². The van der Waals surface area contributed by atoms with Crippen LogP contribution in [0.5, 0.6) is 5.75 Å². The number of Topliss-reactive ketones (excluding diaryl/α,β-unsaturated/α-hetero) is 2. The van der Waals surface area contributed by atoms with E-state index in [0.29, 0.717) is 22.0 Å². The molecule has 0 aliphatic carbocycles. The number of thiazole rings is 1. The lowest BCUT2D eigenvalue weighted by Gasteiger charge is -2.05. The summed E-state index contributed by atoms with van der Waals surface area (Å²) in [5.74, 6) is -1.68. The third kappa shape index (κ3) is 3.36. The number of methoxy groups -OCH3 is 1. The highest BCUT2D eigenvalue weighted by Crippen LogP contribution is 2.29. The molecule has 3 rings (SSSR count). The van der Waals surface area contributed by atoms with Crippen molar-refractivity contribution in [2.24, 2.45) is 0 Å². The molecule has 2 aromatic heterocycles. The Hall–Kier alpha value is -3.00. The highest BCUT2D eigenvalue weighted by atomic mass is 32.1. The molecule has 3 aromatic rings. The van der Waals surface area contributed by atoms with E-state index < -0.39 is 24.0 Å². The minimum absolute atomic E-state index is 0.0807. The van der Waals surface area contributed by atoms with E-state index in [1.54, 1.807) is 54.3 Å². The lowest BCUT2D eigenvalue weighted by atomic mass is 10.0. The Morgan fingerprint density at radius 1 is 1.19 bits per heavy atom. The normalized spacial score (nSPS) is 10.7. The van der Waals surface area contributed by atoms with Gasteiger partial charge < -0.3 is 9.47 Å². The molecule has 0 spiro atoms. The number of esters is 1. The first kappa shape index (κ1) is 17.8. The standard InChI is InChI=1S/C18H16N2O5S/c1-3-25-17(23)14(22)10-13(21)16-15(19-18-20(16)8-9-26-18)11-4-6-12(24-2)7-5-11/h4-9H,3,10H2,1-2H3. The molecule has 134 valence electrons. The van der Waals surface area contributed by atoms with Crippen LogP contribution in [-0.2, 0) is 14.3 Å². The van der Waals surface area contributed by atoms with Crippen LogP contribution in [-0.4, -0.2) is 40.6 Å². The minimum atomic E-state index is -1.00. The van der Waals surface area contributed by atoms with Gasteiger partial charge in [-0.15, -0.1) is 11.3 Å². The van der Waals surface area contributed by atoms with Crippen LogP contribution in [0.2, 0.25) is 0 Å². The summed E-state index contributed by atoms with van der Waals surface area (Å²) in [6, 6.07) is 7.10. The van der Waals surface area contributed by atoms with Gasteiger partial charge in [0.05, 0.1) is 20.1 Å². The first-order valence-corrected chi connectivity index (χ1v) is 8.76. The summed E-state index contributed by atoms with van der Waals surface area (Å²) < 4.78 is 11.4. The molecule has 0 bridgehead atoms. The van der Waals surface area contributed by atoms with E-state index in [1.165, 1.54) is 11.3 Å². The predicted octanol–water partition coefficient (Wildman–Crippen LogP) is 2.78. The Labute approximate surface area is 153 Å². The van der Waals surface area contributed by atoms with Crippen molar-refractivity contribution in [3.8, 4) is 17.0 Å². The van der Waals surface area contributed by atoms with E-state index >= 15 is 0 Å². The molecule has 0 N–H and O–H groups in total. The van der Waals surface area contributed by atoms with E-state index in [0.717, 1.165) is 0 Å². The van der Waals surface area contributed by atoms with Crippen LogP contribution < -0.4 is 4.74 Å². The summed E-state index contributed by atoms with van der Waals surface area (Å²) in [5, 5.41) is 1.80. The first-order chi connectivity index (χ1) is 12.5. The van der Waals surface area contributed by atoms with Crippen LogP contribution in [0, 0.1) is 0 Å². The summed E-state index contributed by atoms with van der Waals surface area (Å²) in [6.45, 7) is 1.68. The molecule has 26 heavy (non-hydrogen) atoms. The number of ether oxygens (including phenoxy) is 2. The van der Waals surface area contributed by atoms with Crippen molar-refractivity contribution in [1.82, 2.24) is 9.38 Å². The number of nitrogens with zero attached hydrogens (tertiary/aromatic N) is 2. The zero-order valence-electron chi connectivity index (χ0n) is 14.2. The molecule has 7 nitrogen and oxygen atoms in total. The summed E-state index contributed by atoms with van der Waals surface area (Å²) >= 11 is 1.37. The van der Waals surface area contributed by atoms with Crippen LogP contribution in [0.25, 0.3) is 16.2 Å². The average molecular weight is 372 g/mol. The van der Waals surface area contributed by atoms with Crippen LogP contribution in [0.15, 0.2) is 35.8 Å². The second-order valence-corrected chi connectivity index (χ2v) is 6.21. The molecule has 2 heterocycles. The molecule has 8 heteroatoms. The summed E-state index contributed by atoms with van der Waals surface area (Å²) in [5.41, 5.74) is 1.44. The van der Waals surface area contributed by atoms with Gasteiger partial charge in [0.15, 0.2) is 10.7 Å². The Morgan fingerprint density at radius 3 is 2.58 bits per heavy atom. The number of aromatic nitrogens is 2. The zero-order valence-corrected chi connectivity index (χ0v) is 15.0. The molecule has 0 radical (unpaired) electrons. The topological polar surface area (TPSA) is 87.0 Å². The van der Waals surface area contributed by atoms with E-state index in [1.807, 2.05) is 0 Å². The summed E-state index contributed by atoms with van der Waals surface area (Å²) in [6.07, 6.45) is 1.15. The van der Waals surface area contributed by atoms with E-state index in [-0.39, 0.29) is 12.3 Å². The lowest BCUT2D eigenvalue weighted by Crippen LogP contribution is -2.21. The van der Waals surface area contributed by atoms with Crippen molar-refractivity contribution in [2.45, 2.75) is 13.3 Å². The van der Waals surface area contributed by atoms with Crippen LogP contribution >= 0.6 is 11.3 Å². The number of hydrogen-bond acceptors (Lipinski definition) is 7. The number of carbonyl (C=O) groups excluding carboxylic acids is 3. The van der Waals surface area contributed by atoms with E-state index in [4.69, 9.17) is 4.74 Å². The molecular weight excluding hydrogens is 356 g/mol. The van der Waals surface area contributed by atoms with Gasteiger partial charge in [-0.05, 0) is 31.2 Å². The highest BCUT2D eigenvalue weighted by molar-refractivity contribution is 7.15. The quantitative estimate of drug-likeness (QED) is 0.274. The first-order valence-electron chi connectivity index (χ1n) is 7.88. The molecule has 0 unspecified atom stereocenters. The predicted molar refractivity (Wildman–Crippen MR) is 95.6 cm³/mol. The minimum Gasteiger partial charge on any atom is -0.497 e. The number of benzene rings is 1. The van der Waals surface area contributed by atoms with Gasteiger partial charge in [-0.2, -0.15) is 0 Å². The average Bonchev–Trinajstić information content (AvgIpc) is 3.22. The lowest BCUT2D eigenvalue weighted by molar-refractivity contribution is -0.153. The van der Waals surface area contributed by atoms with E-state index in [2.05, 4.69) is 9.72 Å². The van der Waals surface area contributed by atoms with Crippen LogP contribution in [0.4, 0.5) is 0 Å². The van der Waals surface area contributed by atoms with Crippen molar-refractivity contribution < 1.29 is 23.9 Å². The maximum absolute atomic E-state index is 12.7. The van der Waals surface area contributed by atoms with Crippen LogP contribution in [0.1, 0.15) is 23.8 Å². The Bertz CT molecular complexity index is 971. The van der Waals surface area contributed by atoms with Gasteiger partial charge in [-0.25, -0.2) is 9.78 Å². The second-order valence-electron chi connectivity index (χ2n) is 5.34. The molecule has 1 aromatic carbocycles. The summed E-state index contributed by atoms with van der Waals surface area (Å²) in [7, 11) is 1.57. The van der Waals surface area contributed by atoms with Crippen LogP contribution in [0.3, 0.4) is 0 Å². The fourth-order valence-corrected chi connectivity index (χ4v) is 3.23. The fourth-order valence-electron chi connectivity index (χ4n) is 2.52. The molecule has 0 atom stereocenters. The highest BCUT2D eigenvalue weighted by Gasteiger charge is 2.26. The number of carbonyl (C=O) groups is 3. The largest absolute Gasteiger partial charge is 0.497 e. The second kappa shape index (κ2) is 7.49. The van der Waals surface area contributed by atoms with Gasteiger partial charge in [0.1, 0.15) is 17.1 Å². The van der Waals surface area contributed by atoms with Gasteiger partial charge in [0.2, 0.25) is 5.78 Å². The Balaban J connectivity index is 1.98. The maximum atomic E-state index is 12.7. The van der Waals surface area contributed by atoms with Gasteiger partial charge in [0.25, 0.3) is 0 Å². The third-order valence-corrected chi connectivity index (χ3v) is 4.47. The Kier molecular flexibility index (Phi) is 5.13. The smallest absolute Gasteiger partial charge is 0.375 e. The van der Waals surface area contributed by atoms with Gasteiger partial charge in [0, 0.05) is 17.1 Å². The fraction of sp³-hybridized carbons (Fsp3) is 0.222. The monoisotopic (exact) mass is 372 g/mol. The molecular formula is C18H16N2O5S. The van der Waals surface area contributed by atoms with E-state index in [9.17, 15) is 14.4 Å². The number of hydrogen-bond donors (Lipinski definition) is 0. The number of fused-ring (bicyclic) bond motifs is 1. The van der Waals surface area contributed by atoms with Crippen molar-refractivity contribution in [3.63, 3.8) is 0 Å². The zero-order chi connectivity index (χ0) is 18.7. The van der Waals surface area contributed by atoms with Gasteiger partial charge >= 0.3 is 5.97 Å². The third-order valence-electron chi connectivity index (χ3n) is 3.71. The number of imidazole rings is 1. The Morgan fingerprint density at radius 2 is 1.92 bits per heavy atom. The SMILES string of the molecule is CCOC(=O)C(=O)CC(=O)c1c(-c2ccc(OC)cc2)nc2sccn12. The summed E-state index contributed by atoms with van der Waals surface area (Å²) in [4.78, 5) is 41.3. The number of ketones is 2. The molecule has 0 fully saturated rings. The van der Waals surface area contributed by atoms with Gasteiger partial charge in [-0.3, -0.25) is 14.0 Å². The maximum Gasteiger partial charge on any atom is 0.375 e. The van der Waals surface area contributed by atoms with Crippen molar-refractivity contribution in [3.05, 3.63) is 41.5 Å².